The molecule has 1 aromatic heterocycles. The number of fused-ring (bicyclic) bond motifs is 1. The van der Waals surface area contributed by atoms with Crippen LogP contribution in [0.4, 0.5) is 0 Å². The van der Waals surface area contributed by atoms with Crippen LogP contribution in [0.2, 0.25) is 0 Å². The molecule has 3 rings (SSSR count). The number of allylic oxidation sites excluding steroid dienone is 3. The number of nitrogens with zero attached hydrogens (tertiary/aromatic N) is 3. The van der Waals surface area contributed by atoms with Gasteiger partial charge in [-0.25, -0.2) is 4.99 Å². The van der Waals surface area contributed by atoms with Crippen molar-refractivity contribution >= 4 is 29.1 Å². The lowest BCUT2D eigenvalue weighted by molar-refractivity contribution is -0.116. The summed E-state index contributed by atoms with van der Waals surface area (Å²) >= 11 is 1.03. The van der Waals surface area contributed by atoms with Crippen LogP contribution in [-0.4, -0.2) is 27.1 Å². The van der Waals surface area contributed by atoms with Crippen LogP contribution in [0.1, 0.15) is 36.1 Å². The maximum Gasteiger partial charge on any atom is 0.291 e. The number of hydrogen-bond donors (Lipinski definition) is 1. The first-order valence-electron chi connectivity index (χ1n) is 7.60. The highest BCUT2D eigenvalue weighted by Gasteiger charge is 2.32. The van der Waals surface area contributed by atoms with Crippen molar-refractivity contribution in [1.29, 1.82) is 0 Å². The van der Waals surface area contributed by atoms with Gasteiger partial charge in [-0.3, -0.25) is 9.59 Å². The second kappa shape index (κ2) is 5.90. The topological polar surface area (TPSA) is 84.3 Å². The SMILES string of the molecule is Cc1nnsc1C(=O)N=C1C=CC2C(=C1)NC(=O)C=C2C(C)(C)C. The third-order valence-corrected chi connectivity index (χ3v) is 4.75. The molecular weight excluding hydrogens is 324 g/mol. The Morgan fingerprint density at radius 3 is 2.71 bits per heavy atom. The van der Waals surface area contributed by atoms with Gasteiger partial charge >= 0.3 is 0 Å². The molecule has 2 amide bonds. The first-order valence-corrected chi connectivity index (χ1v) is 8.38. The largest absolute Gasteiger partial charge is 0.325 e. The molecule has 1 aliphatic heterocycles. The van der Waals surface area contributed by atoms with E-state index in [2.05, 4.69) is 40.7 Å². The lowest BCUT2D eigenvalue weighted by atomic mass is 9.74. The van der Waals surface area contributed by atoms with Gasteiger partial charge in [-0.1, -0.05) is 31.3 Å². The fraction of sp³-hybridized carbons (Fsp3) is 0.353. The summed E-state index contributed by atoms with van der Waals surface area (Å²) in [7, 11) is 0. The number of nitrogens with one attached hydrogen (secondary N) is 1. The van der Waals surface area contributed by atoms with Crippen molar-refractivity contribution in [3.8, 4) is 0 Å². The minimum absolute atomic E-state index is 0.00330. The van der Waals surface area contributed by atoms with Crippen LogP contribution in [0.5, 0.6) is 0 Å². The van der Waals surface area contributed by atoms with Gasteiger partial charge in [-0.2, -0.15) is 0 Å². The lowest BCUT2D eigenvalue weighted by Crippen LogP contribution is -2.36. The first kappa shape index (κ1) is 16.4. The molecule has 1 unspecified atom stereocenters. The summed E-state index contributed by atoms with van der Waals surface area (Å²) in [6.45, 7) is 7.96. The highest BCUT2D eigenvalue weighted by Crippen LogP contribution is 2.38. The second-order valence-corrected chi connectivity index (χ2v) is 7.56. The summed E-state index contributed by atoms with van der Waals surface area (Å²) in [6, 6.07) is 0. The summed E-state index contributed by atoms with van der Waals surface area (Å²) < 4.78 is 3.75. The second-order valence-electron chi connectivity index (χ2n) is 6.80. The van der Waals surface area contributed by atoms with E-state index in [0.717, 1.165) is 22.8 Å². The van der Waals surface area contributed by atoms with Crippen LogP contribution in [0.25, 0.3) is 0 Å². The molecular formula is C17H18N4O2S. The van der Waals surface area contributed by atoms with Crippen molar-refractivity contribution in [3.63, 3.8) is 0 Å². The molecule has 6 nitrogen and oxygen atoms in total. The summed E-state index contributed by atoms with van der Waals surface area (Å²) in [5.41, 5.74) is 2.75. The molecule has 7 heteroatoms. The molecule has 0 bridgehead atoms. The molecule has 1 atom stereocenters. The number of amides is 2. The van der Waals surface area contributed by atoms with Gasteiger partial charge in [0.25, 0.3) is 5.91 Å². The zero-order valence-electron chi connectivity index (χ0n) is 14.0. The average molecular weight is 342 g/mol. The lowest BCUT2D eigenvalue weighted by Gasteiger charge is -2.34. The Morgan fingerprint density at radius 1 is 1.33 bits per heavy atom. The number of carbonyl (C=O) groups excluding carboxylic acids is 2. The number of carbonyl (C=O) groups is 2. The monoisotopic (exact) mass is 342 g/mol. The van der Waals surface area contributed by atoms with E-state index in [1.165, 1.54) is 0 Å². The molecule has 1 N–H and O–H groups in total. The zero-order valence-corrected chi connectivity index (χ0v) is 14.8. The van der Waals surface area contributed by atoms with Gasteiger partial charge in [-0.05, 0) is 41.6 Å². The molecule has 2 heterocycles. The molecule has 0 saturated heterocycles. The summed E-state index contributed by atoms with van der Waals surface area (Å²) in [5.74, 6) is -0.513. The zero-order chi connectivity index (χ0) is 17.5. The van der Waals surface area contributed by atoms with E-state index >= 15 is 0 Å². The highest BCUT2D eigenvalue weighted by molar-refractivity contribution is 7.08. The smallest absolute Gasteiger partial charge is 0.291 e. The van der Waals surface area contributed by atoms with Crippen molar-refractivity contribution < 1.29 is 9.59 Å². The van der Waals surface area contributed by atoms with E-state index in [0.29, 0.717) is 16.3 Å². The summed E-state index contributed by atoms with van der Waals surface area (Å²) in [4.78, 5) is 28.7. The van der Waals surface area contributed by atoms with Crippen LogP contribution in [0, 0.1) is 18.3 Å². The van der Waals surface area contributed by atoms with Crippen LogP contribution < -0.4 is 5.32 Å². The molecule has 1 aromatic rings. The Hall–Kier alpha value is -2.41. The van der Waals surface area contributed by atoms with Gasteiger partial charge in [0.15, 0.2) is 0 Å². The molecule has 0 saturated carbocycles. The van der Waals surface area contributed by atoms with E-state index in [4.69, 9.17) is 0 Å². The summed E-state index contributed by atoms with van der Waals surface area (Å²) in [5, 5.41) is 6.67. The molecule has 0 fully saturated rings. The Balaban J connectivity index is 1.92. The van der Waals surface area contributed by atoms with Gasteiger partial charge in [0, 0.05) is 17.7 Å². The summed E-state index contributed by atoms with van der Waals surface area (Å²) in [6.07, 6.45) is 7.19. The normalized spacial score (nSPS) is 21.9. The van der Waals surface area contributed by atoms with Crippen LogP contribution in [0.3, 0.4) is 0 Å². The van der Waals surface area contributed by atoms with Gasteiger partial charge in [0.05, 0.1) is 11.4 Å². The number of aliphatic imine (C=N–C) groups is 1. The molecule has 0 spiro atoms. The van der Waals surface area contributed by atoms with Crippen molar-refractivity contribution in [3.05, 3.63) is 46.1 Å². The molecule has 1 aliphatic carbocycles. The number of rotatable bonds is 1. The minimum atomic E-state index is -0.369. The van der Waals surface area contributed by atoms with E-state index in [9.17, 15) is 9.59 Å². The Morgan fingerprint density at radius 2 is 2.08 bits per heavy atom. The fourth-order valence-corrected chi connectivity index (χ4v) is 3.28. The van der Waals surface area contributed by atoms with E-state index in [1.807, 2.05) is 12.2 Å². The number of aromatic nitrogens is 2. The van der Waals surface area contributed by atoms with Crippen LogP contribution >= 0.6 is 11.5 Å². The molecule has 0 radical (unpaired) electrons. The van der Waals surface area contributed by atoms with Crippen LogP contribution in [0.15, 0.2) is 40.6 Å². The first-order chi connectivity index (χ1) is 11.3. The van der Waals surface area contributed by atoms with Crippen molar-refractivity contribution in [2.75, 3.05) is 0 Å². The fourth-order valence-electron chi connectivity index (χ4n) is 2.74. The Bertz CT molecular complexity index is 837. The molecule has 0 aromatic carbocycles. The van der Waals surface area contributed by atoms with Crippen molar-refractivity contribution in [1.82, 2.24) is 14.9 Å². The molecule has 24 heavy (non-hydrogen) atoms. The van der Waals surface area contributed by atoms with Crippen molar-refractivity contribution in [2.24, 2.45) is 16.3 Å². The standard InChI is InChI=1S/C17H18N4O2S/c1-9-15(24-21-20-9)16(23)18-10-5-6-11-12(17(2,3)4)8-14(22)19-13(11)7-10/h5-8,11H,1-4H3,(H,19,22). The van der Waals surface area contributed by atoms with Gasteiger partial charge in [-0.15, -0.1) is 5.10 Å². The van der Waals surface area contributed by atoms with Gasteiger partial charge < -0.3 is 5.32 Å². The third-order valence-electron chi connectivity index (χ3n) is 3.93. The third kappa shape index (κ3) is 3.12. The Kier molecular flexibility index (Phi) is 4.04. The predicted octanol–water partition coefficient (Wildman–Crippen LogP) is 2.60. The average Bonchev–Trinajstić information content (AvgIpc) is 2.91. The molecule has 2 aliphatic rings. The highest BCUT2D eigenvalue weighted by atomic mass is 32.1. The number of hydrogen-bond acceptors (Lipinski definition) is 5. The van der Waals surface area contributed by atoms with E-state index < -0.39 is 0 Å². The van der Waals surface area contributed by atoms with E-state index in [-0.39, 0.29) is 23.1 Å². The maximum atomic E-state index is 12.2. The Labute approximate surface area is 144 Å². The van der Waals surface area contributed by atoms with Crippen molar-refractivity contribution in [2.45, 2.75) is 27.7 Å². The minimum Gasteiger partial charge on any atom is -0.325 e. The maximum absolute atomic E-state index is 12.2. The van der Waals surface area contributed by atoms with Crippen LogP contribution in [-0.2, 0) is 4.79 Å². The van der Waals surface area contributed by atoms with Gasteiger partial charge in [0.1, 0.15) is 4.88 Å². The quantitative estimate of drug-likeness (QED) is 0.850. The molecule has 124 valence electrons. The number of aryl methyl sites for hydroxylation is 1. The predicted molar refractivity (Wildman–Crippen MR) is 92.8 cm³/mol. The van der Waals surface area contributed by atoms with Gasteiger partial charge in [0.2, 0.25) is 5.91 Å². The van der Waals surface area contributed by atoms with E-state index in [1.54, 1.807) is 19.1 Å².